The quantitative estimate of drug-likeness (QED) is 0.620. The number of rotatable bonds is 6. The van der Waals surface area contributed by atoms with Gasteiger partial charge in [0.1, 0.15) is 12.7 Å². The molecule has 2 rings (SSSR count). The van der Waals surface area contributed by atoms with Crippen molar-refractivity contribution in [1.82, 2.24) is 14.5 Å². The molecule has 126 valence electrons. The van der Waals surface area contributed by atoms with E-state index in [1.807, 2.05) is 0 Å². The number of aromatic nitrogens is 2. The van der Waals surface area contributed by atoms with Gasteiger partial charge in [0.05, 0.1) is 0 Å². The summed E-state index contributed by atoms with van der Waals surface area (Å²) in [6, 6.07) is 0. The average Bonchev–Trinajstić information content (AvgIpc) is 2.87. The summed E-state index contributed by atoms with van der Waals surface area (Å²) < 4.78 is 1.47. The molecule has 23 heavy (non-hydrogen) atoms. The van der Waals surface area contributed by atoms with Gasteiger partial charge in [-0.3, -0.25) is 14.2 Å². The van der Waals surface area contributed by atoms with E-state index in [9.17, 15) is 19.7 Å². The van der Waals surface area contributed by atoms with Gasteiger partial charge in [-0.2, -0.15) is 0 Å². The van der Waals surface area contributed by atoms with Crippen molar-refractivity contribution >= 4 is 17.7 Å². The third kappa shape index (κ3) is 4.51. The lowest BCUT2D eigenvalue weighted by Gasteiger charge is -2.32. The zero-order chi connectivity index (χ0) is 17.0. The fourth-order valence-electron chi connectivity index (χ4n) is 2.84. The van der Waals surface area contributed by atoms with Gasteiger partial charge in [0, 0.05) is 26.4 Å². The van der Waals surface area contributed by atoms with Crippen molar-refractivity contribution in [3.05, 3.63) is 22.1 Å². The van der Waals surface area contributed by atoms with Gasteiger partial charge in [0.15, 0.2) is 0 Å². The Kier molecular flexibility index (Phi) is 5.30. The van der Waals surface area contributed by atoms with Gasteiger partial charge in [-0.1, -0.05) is 0 Å². The van der Waals surface area contributed by atoms with Crippen LogP contribution in [-0.2, 0) is 16.1 Å². The minimum absolute atomic E-state index is 0.0122. The lowest BCUT2D eigenvalue weighted by Crippen LogP contribution is -2.41. The Morgan fingerprint density at radius 3 is 2.87 bits per heavy atom. The van der Waals surface area contributed by atoms with E-state index < -0.39 is 10.9 Å². The molecule has 0 radical (unpaired) electrons. The molecular weight excluding hydrogens is 304 g/mol. The van der Waals surface area contributed by atoms with Gasteiger partial charge < -0.3 is 20.1 Å². The maximum atomic E-state index is 12.4. The SMILES string of the molecule is Cc1nc([N+](=O)[O-])cn1CC(=O)N1CCCC(CCC(=O)O)C1. The molecule has 1 aromatic rings. The van der Waals surface area contributed by atoms with E-state index in [2.05, 4.69) is 4.98 Å². The summed E-state index contributed by atoms with van der Waals surface area (Å²) >= 11 is 0. The number of aryl methyl sites for hydroxylation is 1. The number of carbonyl (C=O) groups excluding carboxylic acids is 1. The Bertz CT molecular complexity index is 612. The molecule has 1 saturated heterocycles. The van der Waals surface area contributed by atoms with Crippen molar-refractivity contribution in [1.29, 1.82) is 0 Å². The summed E-state index contributed by atoms with van der Waals surface area (Å²) in [6.45, 7) is 2.81. The number of amides is 1. The van der Waals surface area contributed by atoms with E-state index in [0.717, 1.165) is 12.8 Å². The molecule has 9 heteroatoms. The number of carbonyl (C=O) groups is 2. The van der Waals surface area contributed by atoms with E-state index in [-0.39, 0.29) is 30.6 Å². The molecule has 9 nitrogen and oxygen atoms in total. The Morgan fingerprint density at radius 1 is 1.52 bits per heavy atom. The molecule has 1 amide bonds. The second kappa shape index (κ2) is 7.21. The highest BCUT2D eigenvalue weighted by molar-refractivity contribution is 5.76. The average molecular weight is 324 g/mol. The van der Waals surface area contributed by atoms with Gasteiger partial charge in [-0.25, -0.2) is 0 Å². The number of nitro groups is 1. The fourth-order valence-corrected chi connectivity index (χ4v) is 2.84. The minimum atomic E-state index is -0.824. The molecule has 1 unspecified atom stereocenters. The first-order valence-corrected chi connectivity index (χ1v) is 7.54. The summed E-state index contributed by atoms with van der Waals surface area (Å²) in [4.78, 5) is 38.7. The molecule has 1 fully saturated rings. The number of hydrogen-bond acceptors (Lipinski definition) is 5. The van der Waals surface area contributed by atoms with Crippen molar-refractivity contribution in [2.24, 2.45) is 5.92 Å². The molecule has 1 N–H and O–H groups in total. The highest BCUT2D eigenvalue weighted by Crippen LogP contribution is 2.21. The summed E-state index contributed by atoms with van der Waals surface area (Å²) in [5.41, 5.74) is 0. The molecule has 0 saturated carbocycles. The largest absolute Gasteiger partial charge is 0.481 e. The van der Waals surface area contributed by atoms with E-state index in [1.54, 1.807) is 11.8 Å². The Balaban J connectivity index is 1.94. The topological polar surface area (TPSA) is 119 Å². The lowest BCUT2D eigenvalue weighted by atomic mass is 9.93. The van der Waals surface area contributed by atoms with Crippen molar-refractivity contribution in [3.63, 3.8) is 0 Å². The smallest absolute Gasteiger partial charge is 0.381 e. The Labute approximate surface area is 133 Å². The Hall–Kier alpha value is -2.45. The predicted octanol–water partition coefficient (Wildman–Crippen LogP) is 1.20. The van der Waals surface area contributed by atoms with E-state index in [4.69, 9.17) is 5.11 Å². The van der Waals surface area contributed by atoms with Gasteiger partial charge in [0.2, 0.25) is 11.7 Å². The van der Waals surface area contributed by atoms with Gasteiger partial charge in [-0.05, 0) is 35.1 Å². The zero-order valence-corrected chi connectivity index (χ0v) is 13.0. The van der Waals surface area contributed by atoms with Crippen molar-refractivity contribution in [2.45, 2.75) is 39.2 Å². The monoisotopic (exact) mass is 324 g/mol. The number of hydrogen-bond donors (Lipinski definition) is 1. The number of piperidine rings is 1. The highest BCUT2D eigenvalue weighted by Gasteiger charge is 2.25. The summed E-state index contributed by atoms with van der Waals surface area (Å²) in [5.74, 6) is -0.602. The third-order valence-electron chi connectivity index (χ3n) is 4.09. The summed E-state index contributed by atoms with van der Waals surface area (Å²) in [6.07, 6.45) is 3.71. The van der Waals surface area contributed by atoms with Crippen molar-refractivity contribution in [3.8, 4) is 0 Å². The molecule has 0 aliphatic carbocycles. The van der Waals surface area contributed by atoms with Crippen LogP contribution in [0.5, 0.6) is 0 Å². The van der Waals surface area contributed by atoms with Gasteiger partial charge >= 0.3 is 11.8 Å². The normalized spacial score (nSPS) is 18.0. The number of imidazole rings is 1. The summed E-state index contributed by atoms with van der Waals surface area (Å²) in [7, 11) is 0. The van der Waals surface area contributed by atoms with Crippen LogP contribution in [0.4, 0.5) is 5.82 Å². The molecule has 2 heterocycles. The third-order valence-corrected chi connectivity index (χ3v) is 4.09. The van der Waals surface area contributed by atoms with Crippen LogP contribution in [0.1, 0.15) is 31.5 Å². The van der Waals surface area contributed by atoms with Gasteiger partial charge in [-0.15, -0.1) is 0 Å². The molecule has 1 aromatic heterocycles. The van der Waals surface area contributed by atoms with Crippen LogP contribution in [0.25, 0.3) is 0 Å². The second-order valence-electron chi connectivity index (χ2n) is 5.81. The lowest BCUT2D eigenvalue weighted by molar-refractivity contribution is -0.389. The summed E-state index contributed by atoms with van der Waals surface area (Å²) in [5, 5.41) is 19.5. The first-order valence-electron chi connectivity index (χ1n) is 7.54. The molecule has 0 bridgehead atoms. The number of aliphatic carboxylic acids is 1. The van der Waals surface area contributed by atoms with Crippen LogP contribution in [-0.4, -0.2) is 49.4 Å². The van der Waals surface area contributed by atoms with Crippen LogP contribution < -0.4 is 0 Å². The first kappa shape index (κ1) is 16.9. The van der Waals surface area contributed by atoms with E-state index >= 15 is 0 Å². The zero-order valence-electron chi connectivity index (χ0n) is 13.0. The first-order chi connectivity index (χ1) is 10.9. The van der Waals surface area contributed by atoms with E-state index in [0.29, 0.717) is 25.3 Å². The maximum absolute atomic E-state index is 12.4. The maximum Gasteiger partial charge on any atom is 0.381 e. The van der Waals surface area contributed by atoms with E-state index in [1.165, 1.54) is 10.8 Å². The van der Waals surface area contributed by atoms with Crippen LogP contribution in [0.3, 0.4) is 0 Å². The highest BCUT2D eigenvalue weighted by atomic mass is 16.6. The van der Waals surface area contributed by atoms with Gasteiger partial charge in [0.25, 0.3) is 0 Å². The van der Waals surface area contributed by atoms with Crippen LogP contribution in [0, 0.1) is 23.0 Å². The minimum Gasteiger partial charge on any atom is -0.481 e. The number of likely N-dealkylation sites (tertiary alicyclic amines) is 1. The molecule has 1 aliphatic rings. The standard InChI is InChI=1S/C14H20N4O5/c1-10-15-12(18(22)23)8-17(10)9-13(19)16-6-2-3-11(7-16)4-5-14(20)21/h8,11H,2-7,9H2,1H3,(H,20,21). The predicted molar refractivity (Wildman–Crippen MR) is 79.8 cm³/mol. The molecule has 0 spiro atoms. The Morgan fingerprint density at radius 2 is 2.26 bits per heavy atom. The van der Waals surface area contributed by atoms with Crippen molar-refractivity contribution in [2.75, 3.05) is 13.1 Å². The number of nitrogens with zero attached hydrogens (tertiary/aromatic N) is 4. The molecule has 0 aromatic carbocycles. The molecule has 1 atom stereocenters. The van der Waals surface area contributed by atoms with Crippen LogP contribution >= 0.6 is 0 Å². The number of carboxylic acids is 1. The van der Waals surface area contributed by atoms with Crippen LogP contribution in [0.15, 0.2) is 6.20 Å². The molecule has 1 aliphatic heterocycles. The second-order valence-corrected chi connectivity index (χ2v) is 5.81. The molecular formula is C14H20N4O5. The number of carboxylic acid groups (broad SMARTS) is 1. The van der Waals surface area contributed by atoms with Crippen LogP contribution in [0.2, 0.25) is 0 Å². The van der Waals surface area contributed by atoms with Crippen molar-refractivity contribution < 1.29 is 19.6 Å². The fraction of sp³-hybridized carbons (Fsp3) is 0.643.